The van der Waals surface area contributed by atoms with Gasteiger partial charge in [0.1, 0.15) is 5.82 Å². The first-order valence-corrected chi connectivity index (χ1v) is 7.31. The summed E-state index contributed by atoms with van der Waals surface area (Å²) in [6.07, 6.45) is 2.19. The second-order valence-corrected chi connectivity index (χ2v) is 6.14. The molecule has 0 saturated carbocycles. The molecule has 1 rings (SSSR count). The molecular formula is C16H26N2O2. The number of carboxylic acid groups (broad SMARTS) is 1. The highest BCUT2D eigenvalue weighted by atomic mass is 16.4. The lowest BCUT2D eigenvalue weighted by atomic mass is 10.0. The molecule has 0 amide bonds. The monoisotopic (exact) mass is 278 g/mol. The Morgan fingerprint density at radius 1 is 1.20 bits per heavy atom. The van der Waals surface area contributed by atoms with E-state index in [1.54, 1.807) is 12.1 Å². The molecule has 0 aliphatic rings. The van der Waals surface area contributed by atoms with Gasteiger partial charge in [-0.1, -0.05) is 27.7 Å². The van der Waals surface area contributed by atoms with Crippen LogP contribution in [0.1, 0.15) is 69.4 Å². The Balaban J connectivity index is 2.85. The highest BCUT2D eigenvalue weighted by molar-refractivity contribution is 5.88. The van der Waals surface area contributed by atoms with Crippen molar-refractivity contribution >= 4 is 11.8 Å². The fourth-order valence-electron chi connectivity index (χ4n) is 1.95. The van der Waals surface area contributed by atoms with E-state index in [2.05, 4.69) is 31.1 Å². The summed E-state index contributed by atoms with van der Waals surface area (Å²) in [5.41, 5.74) is 1.10. The van der Waals surface area contributed by atoms with Crippen LogP contribution in [0, 0.1) is 5.92 Å². The topological polar surface area (TPSA) is 62.2 Å². The summed E-state index contributed by atoms with van der Waals surface area (Å²) < 4.78 is 0. The van der Waals surface area contributed by atoms with Gasteiger partial charge in [0, 0.05) is 11.7 Å². The van der Waals surface area contributed by atoms with Crippen molar-refractivity contribution in [2.24, 2.45) is 5.92 Å². The van der Waals surface area contributed by atoms with Gasteiger partial charge < -0.3 is 10.4 Å². The van der Waals surface area contributed by atoms with Crippen LogP contribution in [0.4, 0.5) is 5.82 Å². The van der Waals surface area contributed by atoms with Crippen LogP contribution in [-0.2, 0) is 0 Å². The Bertz CT molecular complexity index is 456. The first-order valence-electron chi connectivity index (χ1n) is 7.31. The van der Waals surface area contributed by atoms with Gasteiger partial charge in [-0.25, -0.2) is 9.78 Å². The van der Waals surface area contributed by atoms with Gasteiger partial charge in [0.2, 0.25) is 0 Å². The Morgan fingerprint density at radius 2 is 1.85 bits per heavy atom. The van der Waals surface area contributed by atoms with Gasteiger partial charge in [0.15, 0.2) is 0 Å². The highest BCUT2D eigenvalue weighted by Crippen LogP contribution is 2.19. The average Bonchev–Trinajstić information content (AvgIpc) is 2.35. The van der Waals surface area contributed by atoms with Gasteiger partial charge in [-0.3, -0.25) is 0 Å². The molecular weight excluding hydrogens is 252 g/mol. The van der Waals surface area contributed by atoms with E-state index in [9.17, 15) is 9.90 Å². The number of anilines is 1. The maximum atomic E-state index is 11.2. The molecule has 1 aromatic rings. The van der Waals surface area contributed by atoms with Crippen molar-refractivity contribution in [3.05, 3.63) is 23.4 Å². The summed E-state index contributed by atoms with van der Waals surface area (Å²) in [5.74, 6) is 0.627. The van der Waals surface area contributed by atoms with Gasteiger partial charge in [-0.05, 0) is 43.7 Å². The molecule has 4 nitrogen and oxygen atoms in total. The number of aromatic nitrogens is 1. The molecule has 0 spiro atoms. The minimum Gasteiger partial charge on any atom is -0.478 e. The second-order valence-electron chi connectivity index (χ2n) is 6.14. The number of aromatic carboxylic acids is 1. The smallest absolute Gasteiger partial charge is 0.335 e. The first-order chi connectivity index (χ1) is 9.29. The minimum atomic E-state index is -0.910. The predicted octanol–water partition coefficient (Wildman–Crippen LogP) is 4.14. The van der Waals surface area contributed by atoms with Crippen molar-refractivity contribution < 1.29 is 9.90 Å². The number of pyridine rings is 1. The van der Waals surface area contributed by atoms with Crippen LogP contribution in [0.15, 0.2) is 12.1 Å². The van der Waals surface area contributed by atoms with Crippen LogP contribution in [0.2, 0.25) is 0 Å². The number of hydrogen-bond donors (Lipinski definition) is 2. The van der Waals surface area contributed by atoms with Crippen LogP contribution in [0.25, 0.3) is 0 Å². The zero-order valence-corrected chi connectivity index (χ0v) is 13.1. The maximum Gasteiger partial charge on any atom is 0.335 e. The summed E-state index contributed by atoms with van der Waals surface area (Å²) in [4.78, 5) is 15.7. The summed E-state index contributed by atoms with van der Waals surface area (Å²) in [6.45, 7) is 10.5. The van der Waals surface area contributed by atoms with Crippen LogP contribution >= 0.6 is 0 Å². The third-order valence-corrected chi connectivity index (χ3v) is 3.25. The van der Waals surface area contributed by atoms with Gasteiger partial charge in [-0.2, -0.15) is 0 Å². The predicted molar refractivity (Wildman–Crippen MR) is 82.4 cm³/mol. The number of carboxylic acids is 1. The second kappa shape index (κ2) is 7.27. The summed E-state index contributed by atoms with van der Waals surface area (Å²) >= 11 is 0. The Kier molecular flexibility index (Phi) is 5.99. The van der Waals surface area contributed by atoms with Crippen molar-refractivity contribution in [2.75, 3.05) is 5.32 Å². The number of nitrogens with zero attached hydrogens (tertiary/aromatic N) is 1. The van der Waals surface area contributed by atoms with Gasteiger partial charge >= 0.3 is 5.97 Å². The minimum absolute atomic E-state index is 0.209. The number of carbonyl (C=O) groups is 1. The fourth-order valence-corrected chi connectivity index (χ4v) is 1.95. The molecule has 0 aromatic carbocycles. The zero-order valence-electron chi connectivity index (χ0n) is 13.1. The Hall–Kier alpha value is -1.58. The van der Waals surface area contributed by atoms with Crippen LogP contribution in [0.5, 0.6) is 0 Å². The van der Waals surface area contributed by atoms with E-state index < -0.39 is 5.97 Å². The molecule has 1 unspecified atom stereocenters. The largest absolute Gasteiger partial charge is 0.478 e. The number of hydrogen-bond acceptors (Lipinski definition) is 3. The molecule has 1 aromatic heterocycles. The first kappa shape index (κ1) is 16.5. The molecule has 0 aliphatic heterocycles. The van der Waals surface area contributed by atoms with Crippen LogP contribution in [0.3, 0.4) is 0 Å². The quantitative estimate of drug-likeness (QED) is 0.787. The van der Waals surface area contributed by atoms with Crippen LogP contribution in [-0.4, -0.2) is 22.1 Å². The zero-order chi connectivity index (χ0) is 15.3. The van der Waals surface area contributed by atoms with Crippen molar-refractivity contribution in [2.45, 2.75) is 59.4 Å². The summed E-state index contributed by atoms with van der Waals surface area (Å²) in [5, 5.41) is 12.5. The van der Waals surface area contributed by atoms with Crippen molar-refractivity contribution in [3.63, 3.8) is 0 Å². The molecule has 0 fully saturated rings. The molecule has 0 saturated heterocycles. The van der Waals surface area contributed by atoms with E-state index in [1.807, 2.05) is 13.8 Å². The molecule has 0 aliphatic carbocycles. The third kappa shape index (κ3) is 5.19. The average molecular weight is 278 g/mol. The lowest BCUT2D eigenvalue weighted by molar-refractivity contribution is 0.0696. The molecule has 1 atom stereocenters. The lowest BCUT2D eigenvalue weighted by Gasteiger charge is -2.17. The van der Waals surface area contributed by atoms with E-state index >= 15 is 0 Å². The van der Waals surface area contributed by atoms with Crippen molar-refractivity contribution in [3.8, 4) is 0 Å². The van der Waals surface area contributed by atoms with Crippen LogP contribution < -0.4 is 5.32 Å². The van der Waals surface area contributed by atoms with Crippen molar-refractivity contribution in [1.29, 1.82) is 0 Å². The van der Waals surface area contributed by atoms with Gasteiger partial charge in [-0.15, -0.1) is 0 Å². The highest BCUT2D eigenvalue weighted by Gasteiger charge is 2.12. The lowest BCUT2D eigenvalue weighted by Crippen LogP contribution is -2.18. The number of rotatable bonds is 7. The summed E-state index contributed by atoms with van der Waals surface area (Å²) in [7, 11) is 0. The van der Waals surface area contributed by atoms with Gasteiger partial charge in [0.05, 0.1) is 5.56 Å². The standard InChI is InChI=1S/C16H26N2O2/c1-10(2)6-7-12(5)17-15-9-13(16(19)20)8-14(18-15)11(3)4/h8-12H,6-7H2,1-5H3,(H,17,18)(H,19,20). The van der Waals surface area contributed by atoms with E-state index in [0.29, 0.717) is 17.3 Å². The fraction of sp³-hybridized carbons (Fsp3) is 0.625. The molecule has 1 heterocycles. The molecule has 4 heteroatoms. The normalized spacial score (nSPS) is 12.8. The number of nitrogens with one attached hydrogen (secondary N) is 1. The van der Waals surface area contributed by atoms with E-state index in [1.165, 1.54) is 0 Å². The molecule has 0 bridgehead atoms. The molecule has 2 N–H and O–H groups in total. The third-order valence-electron chi connectivity index (χ3n) is 3.25. The van der Waals surface area contributed by atoms with E-state index in [-0.39, 0.29) is 12.0 Å². The maximum absolute atomic E-state index is 11.2. The molecule has 20 heavy (non-hydrogen) atoms. The Morgan fingerprint density at radius 3 is 2.35 bits per heavy atom. The van der Waals surface area contributed by atoms with Gasteiger partial charge in [0.25, 0.3) is 0 Å². The molecule has 0 radical (unpaired) electrons. The summed E-state index contributed by atoms with van der Waals surface area (Å²) in [6, 6.07) is 3.55. The SMILES string of the molecule is CC(C)CCC(C)Nc1cc(C(=O)O)cc(C(C)C)n1. The van der Waals surface area contributed by atoms with E-state index in [4.69, 9.17) is 0 Å². The Labute approximate surface area is 121 Å². The molecule has 112 valence electrons. The van der Waals surface area contributed by atoms with Crippen molar-refractivity contribution in [1.82, 2.24) is 4.98 Å². The van der Waals surface area contributed by atoms with E-state index in [0.717, 1.165) is 18.5 Å².